The van der Waals surface area contributed by atoms with Crippen molar-refractivity contribution in [1.82, 2.24) is 14.7 Å². The minimum Gasteiger partial charge on any atom is -0.445 e. The fourth-order valence-corrected chi connectivity index (χ4v) is 3.73. The molecule has 1 aromatic heterocycles. The van der Waals surface area contributed by atoms with Gasteiger partial charge in [-0.2, -0.15) is 13.9 Å². The molecule has 0 saturated heterocycles. The second kappa shape index (κ2) is 6.92. The van der Waals surface area contributed by atoms with Crippen LogP contribution in [0, 0.1) is 0 Å². The molecular formula is C19H21F2N3O3. The van der Waals surface area contributed by atoms with E-state index in [1.807, 2.05) is 30.3 Å². The lowest BCUT2D eigenvalue weighted by Crippen LogP contribution is -2.37. The molecule has 2 aromatic rings. The maximum Gasteiger partial charge on any atom is 0.410 e. The molecule has 6 nitrogen and oxygen atoms in total. The zero-order valence-corrected chi connectivity index (χ0v) is 14.8. The van der Waals surface area contributed by atoms with Crippen molar-refractivity contribution in [3.63, 3.8) is 0 Å². The number of halogens is 2. The van der Waals surface area contributed by atoms with Gasteiger partial charge in [-0.15, -0.1) is 0 Å². The van der Waals surface area contributed by atoms with Crippen molar-refractivity contribution in [2.75, 3.05) is 6.54 Å². The maximum atomic E-state index is 14.7. The van der Waals surface area contributed by atoms with Crippen molar-refractivity contribution >= 4 is 6.09 Å². The van der Waals surface area contributed by atoms with E-state index in [2.05, 4.69) is 5.10 Å². The van der Waals surface area contributed by atoms with E-state index in [1.54, 1.807) is 0 Å². The molecule has 0 spiro atoms. The van der Waals surface area contributed by atoms with E-state index in [1.165, 1.54) is 9.58 Å². The number of aliphatic hydroxyl groups is 1. The molecule has 2 aliphatic heterocycles. The summed E-state index contributed by atoms with van der Waals surface area (Å²) >= 11 is 0. The monoisotopic (exact) mass is 377 g/mol. The lowest BCUT2D eigenvalue weighted by molar-refractivity contribution is -0.0509. The highest BCUT2D eigenvalue weighted by Crippen LogP contribution is 2.40. The van der Waals surface area contributed by atoms with Gasteiger partial charge in [-0.05, 0) is 12.0 Å². The summed E-state index contributed by atoms with van der Waals surface area (Å²) in [5.74, 6) is -3.17. The van der Waals surface area contributed by atoms with Crippen LogP contribution in [0.25, 0.3) is 0 Å². The Balaban J connectivity index is 1.51. The fraction of sp³-hybridized carbons (Fsp3) is 0.474. The Morgan fingerprint density at radius 2 is 2.07 bits per heavy atom. The number of rotatable bonds is 2. The number of aromatic nitrogens is 2. The minimum absolute atomic E-state index is 0.0456. The van der Waals surface area contributed by atoms with Crippen LogP contribution in [0.1, 0.15) is 35.4 Å². The topological polar surface area (TPSA) is 67.6 Å². The van der Waals surface area contributed by atoms with Gasteiger partial charge in [0.15, 0.2) is 0 Å². The first kappa shape index (κ1) is 17.9. The van der Waals surface area contributed by atoms with E-state index in [0.717, 1.165) is 5.56 Å². The third-order valence-electron chi connectivity index (χ3n) is 5.08. The van der Waals surface area contributed by atoms with E-state index in [-0.39, 0.29) is 31.8 Å². The third-order valence-corrected chi connectivity index (χ3v) is 5.08. The van der Waals surface area contributed by atoms with Crippen LogP contribution in [0.5, 0.6) is 0 Å². The highest BCUT2D eigenvalue weighted by molar-refractivity contribution is 5.68. The van der Waals surface area contributed by atoms with Crippen LogP contribution in [-0.2, 0) is 36.8 Å². The number of fused-ring (bicyclic) bond motifs is 3. The second-order valence-corrected chi connectivity index (χ2v) is 7.06. The molecule has 144 valence electrons. The highest BCUT2D eigenvalue weighted by Gasteiger charge is 2.44. The van der Waals surface area contributed by atoms with Crippen LogP contribution < -0.4 is 0 Å². The Kier molecular flexibility index (Phi) is 4.59. The number of carbonyl (C=O) groups excluding carboxylic acids is 1. The first-order valence-electron chi connectivity index (χ1n) is 9.04. The number of alkyl halides is 2. The van der Waals surface area contributed by atoms with Crippen LogP contribution in [-0.4, -0.2) is 38.5 Å². The zero-order chi connectivity index (χ0) is 19.0. The maximum absolute atomic E-state index is 14.7. The summed E-state index contributed by atoms with van der Waals surface area (Å²) in [6.45, 7) is 0.810. The number of aliphatic hydroxyl groups excluding tert-OH is 1. The van der Waals surface area contributed by atoms with Gasteiger partial charge in [-0.25, -0.2) is 4.79 Å². The van der Waals surface area contributed by atoms with Crippen LogP contribution in [0.3, 0.4) is 0 Å². The lowest BCUT2D eigenvalue weighted by atomic mass is 9.99. The van der Waals surface area contributed by atoms with Crippen molar-refractivity contribution < 1.29 is 23.4 Å². The van der Waals surface area contributed by atoms with Gasteiger partial charge >= 0.3 is 6.09 Å². The number of amides is 1. The molecule has 0 unspecified atom stereocenters. The van der Waals surface area contributed by atoms with Gasteiger partial charge in [0.05, 0.1) is 18.3 Å². The van der Waals surface area contributed by atoms with Crippen LogP contribution in [0.15, 0.2) is 30.3 Å². The Morgan fingerprint density at radius 1 is 1.30 bits per heavy atom. The summed E-state index contributed by atoms with van der Waals surface area (Å²) in [4.78, 5) is 13.8. The van der Waals surface area contributed by atoms with E-state index in [4.69, 9.17) is 4.74 Å². The number of nitrogens with zero attached hydrogens (tertiary/aromatic N) is 3. The summed E-state index contributed by atoms with van der Waals surface area (Å²) in [7, 11) is 0. The number of ether oxygens (including phenoxy) is 1. The van der Waals surface area contributed by atoms with Gasteiger partial charge in [-0.3, -0.25) is 4.68 Å². The molecule has 1 aromatic carbocycles. The van der Waals surface area contributed by atoms with E-state index in [0.29, 0.717) is 24.2 Å². The van der Waals surface area contributed by atoms with Gasteiger partial charge in [-0.1, -0.05) is 30.3 Å². The predicted molar refractivity (Wildman–Crippen MR) is 92.1 cm³/mol. The summed E-state index contributed by atoms with van der Waals surface area (Å²) in [5, 5.41) is 14.0. The third kappa shape index (κ3) is 3.53. The molecule has 0 saturated carbocycles. The largest absolute Gasteiger partial charge is 0.445 e. The van der Waals surface area contributed by atoms with Crippen molar-refractivity contribution in [2.45, 2.75) is 51.0 Å². The molecular weight excluding hydrogens is 356 g/mol. The molecule has 1 atom stereocenters. The molecule has 2 aliphatic rings. The Labute approximate surface area is 155 Å². The number of hydrogen-bond acceptors (Lipinski definition) is 4. The van der Waals surface area contributed by atoms with E-state index in [9.17, 15) is 18.7 Å². The molecule has 8 heteroatoms. The number of carbonyl (C=O) groups is 1. The summed E-state index contributed by atoms with van der Waals surface area (Å²) in [5.41, 5.74) is 1.68. The molecule has 0 radical (unpaired) electrons. The van der Waals surface area contributed by atoms with Crippen molar-refractivity contribution in [3.8, 4) is 0 Å². The summed E-state index contributed by atoms with van der Waals surface area (Å²) in [6.07, 6.45) is -1.56. The number of hydrogen-bond donors (Lipinski definition) is 1. The van der Waals surface area contributed by atoms with E-state index >= 15 is 0 Å². The minimum atomic E-state index is -3.17. The van der Waals surface area contributed by atoms with Crippen molar-refractivity contribution in [3.05, 3.63) is 52.8 Å². The highest BCUT2D eigenvalue weighted by atomic mass is 19.3. The summed E-state index contributed by atoms with van der Waals surface area (Å²) in [6, 6.07) is 9.29. The molecule has 4 rings (SSSR count). The van der Waals surface area contributed by atoms with Gasteiger partial charge < -0.3 is 14.7 Å². The predicted octanol–water partition coefficient (Wildman–Crippen LogP) is 2.82. The van der Waals surface area contributed by atoms with Crippen molar-refractivity contribution in [1.29, 1.82) is 0 Å². The molecule has 0 bridgehead atoms. The van der Waals surface area contributed by atoms with Gasteiger partial charge in [0.2, 0.25) is 0 Å². The van der Waals surface area contributed by atoms with E-state index < -0.39 is 24.5 Å². The van der Waals surface area contributed by atoms with Gasteiger partial charge in [0.1, 0.15) is 12.3 Å². The molecule has 0 aliphatic carbocycles. The number of benzene rings is 1. The smallest absolute Gasteiger partial charge is 0.410 e. The summed E-state index contributed by atoms with van der Waals surface area (Å²) < 4.78 is 36.0. The van der Waals surface area contributed by atoms with Crippen LogP contribution >= 0.6 is 0 Å². The molecule has 3 heterocycles. The Morgan fingerprint density at radius 3 is 2.85 bits per heavy atom. The Bertz CT molecular complexity index is 838. The van der Waals surface area contributed by atoms with Gasteiger partial charge in [0, 0.05) is 31.5 Å². The van der Waals surface area contributed by atoms with Crippen LogP contribution in [0.2, 0.25) is 0 Å². The van der Waals surface area contributed by atoms with Crippen LogP contribution in [0.4, 0.5) is 13.6 Å². The second-order valence-electron chi connectivity index (χ2n) is 7.06. The standard InChI is InChI=1S/C19H21F2N3O3/c20-19(21)10-14(25)6-9-24-17(19)15-11-23(8-7-16(15)22-24)18(26)27-12-13-4-2-1-3-5-13/h1-5,14,25H,6-12H2/t14-/m0/s1. The zero-order valence-electron chi connectivity index (χ0n) is 14.8. The fourth-order valence-electron chi connectivity index (χ4n) is 3.73. The molecule has 1 N–H and O–H groups in total. The molecule has 1 amide bonds. The average molecular weight is 377 g/mol. The molecule has 0 fully saturated rings. The SMILES string of the molecule is O=C(OCc1ccccc1)N1CCc2nn3c(c2C1)C(F)(F)C[C@@H](O)CC3. The van der Waals surface area contributed by atoms with Gasteiger partial charge in [0.25, 0.3) is 5.92 Å². The molecule has 27 heavy (non-hydrogen) atoms. The lowest BCUT2D eigenvalue weighted by Gasteiger charge is -2.27. The first-order valence-corrected chi connectivity index (χ1v) is 9.04. The average Bonchev–Trinajstić information content (AvgIpc) is 2.98. The quantitative estimate of drug-likeness (QED) is 0.874. The first-order chi connectivity index (χ1) is 12.9. The Hall–Kier alpha value is -2.48. The number of aryl methyl sites for hydroxylation is 1. The van der Waals surface area contributed by atoms with Crippen molar-refractivity contribution in [2.24, 2.45) is 0 Å². The normalized spacial score (nSPS) is 21.1.